The van der Waals surface area contributed by atoms with E-state index < -0.39 is 0 Å². The van der Waals surface area contributed by atoms with Gasteiger partial charge in [-0.1, -0.05) is 37.6 Å². The Balaban J connectivity index is 2.77. The monoisotopic (exact) mass is 279 g/mol. The van der Waals surface area contributed by atoms with Crippen LogP contribution in [0.25, 0.3) is 5.57 Å². The van der Waals surface area contributed by atoms with Crippen LogP contribution in [0.5, 0.6) is 0 Å². The summed E-state index contributed by atoms with van der Waals surface area (Å²) < 4.78 is 0. The molecule has 0 atom stereocenters. The first-order valence-corrected chi connectivity index (χ1v) is 7.59. The molecule has 1 aromatic carbocycles. The lowest BCUT2D eigenvalue weighted by molar-refractivity contribution is 0.642. The Morgan fingerprint density at radius 3 is 2.63 bits per heavy atom. The van der Waals surface area contributed by atoms with Gasteiger partial charge in [0.05, 0.1) is 0 Å². The molecule has 1 aromatic rings. The molecule has 0 saturated heterocycles. The number of benzene rings is 1. The molecule has 0 fully saturated rings. The third-order valence-electron chi connectivity index (χ3n) is 3.50. The van der Waals surface area contributed by atoms with Gasteiger partial charge in [0, 0.05) is 5.02 Å². The fraction of sp³-hybridized carbons (Fsp3) is 0.529. The molecule has 2 heteroatoms. The molecule has 0 spiro atoms. The normalized spacial score (nSPS) is 10.7. The third kappa shape index (κ3) is 5.00. The van der Waals surface area contributed by atoms with Gasteiger partial charge in [-0.15, -0.1) is 0 Å². The molecule has 0 bridgehead atoms. The maximum absolute atomic E-state index is 6.42. The first kappa shape index (κ1) is 16.3. The number of aryl methyl sites for hydroxylation is 1. The predicted octanol–water partition coefficient (Wildman–Crippen LogP) is 5.00. The highest BCUT2D eigenvalue weighted by Gasteiger charge is 2.10. The second-order valence-corrected chi connectivity index (χ2v) is 5.55. The average Bonchev–Trinajstić information content (AvgIpc) is 2.39. The molecule has 1 N–H and O–H groups in total. The minimum atomic E-state index is 0.901. The lowest BCUT2D eigenvalue weighted by Crippen LogP contribution is -2.07. The van der Waals surface area contributed by atoms with Gasteiger partial charge in [-0.05, 0) is 74.5 Å². The van der Waals surface area contributed by atoms with Crippen molar-refractivity contribution in [3.63, 3.8) is 0 Å². The lowest BCUT2D eigenvalue weighted by Gasteiger charge is -2.14. The number of halogens is 1. The molecule has 0 saturated carbocycles. The summed E-state index contributed by atoms with van der Waals surface area (Å²) in [6.45, 7) is 9.51. The molecular formula is C17H26ClN. The molecule has 0 heterocycles. The van der Waals surface area contributed by atoms with Gasteiger partial charge >= 0.3 is 0 Å². The third-order valence-corrected chi connectivity index (χ3v) is 3.84. The van der Waals surface area contributed by atoms with Crippen molar-refractivity contribution in [1.29, 1.82) is 0 Å². The van der Waals surface area contributed by atoms with E-state index in [9.17, 15) is 0 Å². The second kappa shape index (κ2) is 8.39. The zero-order chi connectivity index (χ0) is 14.3. The smallest absolute Gasteiger partial charge is 0.0446 e. The van der Waals surface area contributed by atoms with Crippen LogP contribution in [-0.2, 0) is 6.42 Å². The van der Waals surface area contributed by atoms with Crippen molar-refractivity contribution < 1.29 is 0 Å². The highest BCUT2D eigenvalue weighted by atomic mass is 35.5. The summed E-state index contributed by atoms with van der Waals surface area (Å²) in [6, 6.07) is 4.29. The largest absolute Gasteiger partial charge is 0.320 e. The van der Waals surface area contributed by atoms with E-state index in [0.29, 0.717) is 0 Å². The molecule has 0 radical (unpaired) electrons. The van der Waals surface area contributed by atoms with Crippen LogP contribution in [0.4, 0.5) is 0 Å². The Morgan fingerprint density at radius 2 is 2.00 bits per heavy atom. The Kier molecular flexibility index (Phi) is 7.19. The molecule has 0 aliphatic carbocycles. The van der Waals surface area contributed by atoms with Gasteiger partial charge in [0.15, 0.2) is 0 Å². The average molecular weight is 280 g/mol. The van der Waals surface area contributed by atoms with Crippen LogP contribution in [0, 0.1) is 6.92 Å². The Hall–Kier alpha value is -0.790. The minimum Gasteiger partial charge on any atom is -0.320 e. The maximum atomic E-state index is 6.42. The topological polar surface area (TPSA) is 12.0 Å². The summed E-state index contributed by atoms with van der Waals surface area (Å²) in [4.78, 5) is 0. The van der Waals surface area contributed by atoms with Gasteiger partial charge < -0.3 is 5.32 Å². The fourth-order valence-corrected chi connectivity index (χ4v) is 2.68. The molecule has 19 heavy (non-hydrogen) atoms. The molecule has 0 unspecified atom stereocenters. The first-order valence-electron chi connectivity index (χ1n) is 7.22. The number of hydrogen-bond acceptors (Lipinski definition) is 1. The van der Waals surface area contributed by atoms with E-state index in [1.165, 1.54) is 41.5 Å². The minimum absolute atomic E-state index is 0.901. The van der Waals surface area contributed by atoms with E-state index in [-0.39, 0.29) is 0 Å². The first-order chi connectivity index (χ1) is 9.10. The second-order valence-electron chi connectivity index (χ2n) is 5.14. The van der Waals surface area contributed by atoms with Crippen LogP contribution in [-0.4, -0.2) is 13.6 Å². The quantitative estimate of drug-likeness (QED) is 0.660. The molecular weight excluding hydrogens is 254 g/mol. The summed E-state index contributed by atoms with van der Waals surface area (Å²) in [5, 5.41) is 4.08. The van der Waals surface area contributed by atoms with Gasteiger partial charge in [-0.25, -0.2) is 0 Å². The fourth-order valence-electron chi connectivity index (χ4n) is 2.31. The number of unbranched alkanes of at least 4 members (excludes halogenated alkanes) is 2. The zero-order valence-corrected chi connectivity index (χ0v) is 13.2. The Labute approximate surface area is 123 Å². The van der Waals surface area contributed by atoms with E-state index in [0.717, 1.165) is 24.4 Å². The molecule has 106 valence electrons. The van der Waals surface area contributed by atoms with E-state index >= 15 is 0 Å². The summed E-state index contributed by atoms with van der Waals surface area (Å²) in [7, 11) is 2.00. The van der Waals surface area contributed by atoms with Crippen molar-refractivity contribution in [3.8, 4) is 0 Å². The number of rotatable bonds is 8. The van der Waals surface area contributed by atoms with E-state index in [1.807, 2.05) is 7.05 Å². The highest BCUT2D eigenvalue weighted by Crippen LogP contribution is 2.30. The molecule has 0 aliphatic rings. The lowest BCUT2D eigenvalue weighted by atomic mass is 9.93. The summed E-state index contributed by atoms with van der Waals surface area (Å²) in [5.41, 5.74) is 4.95. The van der Waals surface area contributed by atoms with Crippen LogP contribution < -0.4 is 5.32 Å². The van der Waals surface area contributed by atoms with Crippen LogP contribution in [0.2, 0.25) is 5.02 Å². The number of allylic oxidation sites excluding steroid dienone is 1. The van der Waals surface area contributed by atoms with Crippen molar-refractivity contribution in [1.82, 2.24) is 5.32 Å². The van der Waals surface area contributed by atoms with Gasteiger partial charge in [0.2, 0.25) is 0 Å². The van der Waals surface area contributed by atoms with Crippen molar-refractivity contribution in [3.05, 3.63) is 40.4 Å². The van der Waals surface area contributed by atoms with E-state index in [2.05, 4.69) is 37.9 Å². The van der Waals surface area contributed by atoms with E-state index in [1.54, 1.807) is 0 Å². The highest BCUT2D eigenvalue weighted by molar-refractivity contribution is 6.31. The molecule has 0 amide bonds. The van der Waals surface area contributed by atoms with Gasteiger partial charge in [0.1, 0.15) is 0 Å². The standard InChI is InChI=1S/C17H26ClN/c1-5-14(3)16-11-13(2)12-17(18)15(16)9-7-6-8-10-19-4/h11-12,19H,3,5-10H2,1-2,4H3. The Bertz CT molecular complexity index is 424. The van der Waals surface area contributed by atoms with Crippen molar-refractivity contribution >= 4 is 17.2 Å². The van der Waals surface area contributed by atoms with Crippen molar-refractivity contribution in [2.24, 2.45) is 0 Å². The van der Waals surface area contributed by atoms with Crippen LogP contribution in [0.3, 0.4) is 0 Å². The van der Waals surface area contributed by atoms with Gasteiger partial charge in [-0.2, -0.15) is 0 Å². The summed E-state index contributed by atoms with van der Waals surface area (Å²) >= 11 is 6.42. The number of nitrogens with one attached hydrogen (secondary N) is 1. The molecule has 0 aliphatic heterocycles. The molecule has 0 aromatic heterocycles. The maximum Gasteiger partial charge on any atom is 0.0446 e. The number of hydrogen-bond donors (Lipinski definition) is 1. The summed E-state index contributed by atoms with van der Waals surface area (Å²) in [5.74, 6) is 0. The van der Waals surface area contributed by atoms with E-state index in [4.69, 9.17) is 11.6 Å². The molecule has 1 rings (SSSR count). The van der Waals surface area contributed by atoms with Crippen molar-refractivity contribution in [2.45, 2.75) is 46.0 Å². The van der Waals surface area contributed by atoms with Crippen LogP contribution in [0.15, 0.2) is 18.7 Å². The van der Waals surface area contributed by atoms with Crippen molar-refractivity contribution in [2.75, 3.05) is 13.6 Å². The zero-order valence-electron chi connectivity index (χ0n) is 12.5. The molecule has 1 nitrogen and oxygen atoms in total. The predicted molar refractivity (Wildman–Crippen MR) is 87.0 cm³/mol. The van der Waals surface area contributed by atoms with Gasteiger partial charge in [-0.3, -0.25) is 0 Å². The summed E-state index contributed by atoms with van der Waals surface area (Å²) in [6.07, 6.45) is 5.69. The SMILES string of the molecule is C=C(CC)c1cc(C)cc(Cl)c1CCCCCNC. The van der Waals surface area contributed by atoms with Gasteiger partial charge in [0.25, 0.3) is 0 Å². The van der Waals surface area contributed by atoms with Crippen LogP contribution >= 0.6 is 11.6 Å². The van der Waals surface area contributed by atoms with Crippen LogP contribution in [0.1, 0.15) is 49.3 Å². The Morgan fingerprint density at radius 1 is 1.26 bits per heavy atom.